The minimum Gasteiger partial charge on any atom is -0.497 e. The fourth-order valence-corrected chi connectivity index (χ4v) is 1.78. The highest BCUT2D eigenvalue weighted by atomic mass is 16.5. The zero-order valence-electron chi connectivity index (χ0n) is 10.1. The molecule has 2 N–H and O–H groups in total. The van der Waals surface area contributed by atoms with Gasteiger partial charge in [-0.25, -0.2) is 0 Å². The number of methoxy groups -OCH3 is 2. The lowest BCUT2D eigenvalue weighted by molar-refractivity contribution is -0.124. The van der Waals surface area contributed by atoms with Crippen LogP contribution >= 0.6 is 0 Å². The summed E-state index contributed by atoms with van der Waals surface area (Å²) in [6.45, 7) is 0. The second-order valence-electron chi connectivity index (χ2n) is 3.88. The Morgan fingerprint density at radius 3 is 2.61 bits per heavy atom. The van der Waals surface area contributed by atoms with Crippen molar-refractivity contribution >= 4 is 17.5 Å². The van der Waals surface area contributed by atoms with E-state index in [9.17, 15) is 9.59 Å². The van der Waals surface area contributed by atoms with Crippen LogP contribution < -0.4 is 20.1 Å². The molecule has 18 heavy (non-hydrogen) atoms. The van der Waals surface area contributed by atoms with Gasteiger partial charge in [-0.05, 0) is 12.1 Å². The summed E-state index contributed by atoms with van der Waals surface area (Å²) in [4.78, 5) is 22.5. The van der Waals surface area contributed by atoms with Gasteiger partial charge in [0.05, 0.1) is 26.3 Å². The highest BCUT2D eigenvalue weighted by Crippen LogP contribution is 2.30. The van der Waals surface area contributed by atoms with Crippen molar-refractivity contribution < 1.29 is 19.1 Å². The molecule has 0 aromatic heterocycles. The monoisotopic (exact) mass is 250 g/mol. The van der Waals surface area contributed by atoms with Crippen LogP contribution in [-0.2, 0) is 9.59 Å². The molecule has 0 saturated carbocycles. The van der Waals surface area contributed by atoms with Crippen LogP contribution in [0.2, 0.25) is 0 Å². The maximum absolute atomic E-state index is 11.5. The average Bonchev–Trinajstić information content (AvgIpc) is 2.68. The number of carbonyl (C=O) groups is 2. The molecule has 1 aliphatic heterocycles. The molecular formula is C12H14N2O4. The van der Waals surface area contributed by atoms with Crippen LogP contribution in [0, 0.1) is 0 Å². The average molecular weight is 250 g/mol. The predicted molar refractivity (Wildman–Crippen MR) is 64.7 cm³/mol. The Bertz CT molecular complexity index is 487. The van der Waals surface area contributed by atoms with E-state index in [1.165, 1.54) is 7.11 Å². The minimum absolute atomic E-state index is 0.133. The molecule has 1 heterocycles. The molecule has 0 bridgehead atoms. The zero-order valence-corrected chi connectivity index (χ0v) is 10.1. The number of imide groups is 1. The molecule has 96 valence electrons. The Hall–Kier alpha value is -2.24. The molecule has 0 radical (unpaired) electrons. The smallest absolute Gasteiger partial charge is 0.249 e. The van der Waals surface area contributed by atoms with Crippen LogP contribution in [-0.4, -0.2) is 32.1 Å². The van der Waals surface area contributed by atoms with Crippen molar-refractivity contribution in [2.75, 3.05) is 19.5 Å². The quantitative estimate of drug-likeness (QED) is 0.762. The van der Waals surface area contributed by atoms with E-state index in [2.05, 4.69) is 10.6 Å². The summed E-state index contributed by atoms with van der Waals surface area (Å²) in [5.74, 6) is 0.619. The molecule has 1 unspecified atom stereocenters. The molecule has 1 fully saturated rings. The summed E-state index contributed by atoms with van der Waals surface area (Å²) in [6, 6.07) is 4.64. The summed E-state index contributed by atoms with van der Waals surface area (Å²) in [7, 11) is 3.09. The first-order chi connectivity index (χ1) is 8.63. The van der Waals surface area contributed by atoms with Gasteiger partial charge in [0, 0.05) is 6.07 Å². The van der Waals surface area contributed by atoms with E-state index in [-0.39, 0.29) is 18.2 Å². The number of nitrogens with one attached hydrogen (secondary N) is 2. The maximum Gasteiger partial charge on any atom is 0.249 e. The highest BCUT2D eigenvalue weighted by molar-refractivity contribution is 6.06. The van der Waals surface area contributed by atoms with Crippen LogP contribution in [0.15, 0.2) is 18.2 Å². The maximum atomic E-state index is 11.5. The SMILES string of the molecule is COc1ccc(NC2CC(=O)NC2=O)c(OC)c1. The molecule has 6 heteroatoms. The number of carbonyl (C=O) groups excluding carboxylic acids is 2. The molecular weight excluding hydrogens is 236 g/mol. The molecule has 0 spiro atoms. The van der Waals surface area contributed by atoms with Gasteiger partial charge < -0.3 is 14.8 Å². The summed E-state index contributed by atoms with van der Waals surface area (Å²) in [5, 5.41) is 5.22. The van der Waals surface area contributed by atoms with Crippen molar-refractivity contribution in [2.45, 2.75) is 12.5 Å². The van der Waals surface area contributed by atoms with Gasteiger partial charge >= 0.3 is 0 Å². The largest absolute Gasteiger partial charge is 0.497 e. The summed E-state index contributed by atoms with van der Waals surface area (Å²) >= 11 is 0. The summed E-state index contributed by atoms with van der Waals surface area (Å²) in [6.07, 6.45) is 0.133. The van der Waals surface area contributed by atoms with E-state index in [0.717, 1.165) is 0 Å². The van der Waals surface area contributed by atoms with E-state index in [0.29, 0.717) is 17.2 Å². The Kier molecular flexibility index (Phi) is 3.36. The topological polar surface area (TPSA) is 76.7 Å². The standard InChI is InChI=1S/C12H14N2O4/c1-17-7-3-4-8(10(5-7)18-2)13-9-6-11(15)14-12(9)16/h3-5,9,13H,6H2,1-2H3,(H,14,15,16). The number of rotatable bonds is 4. The lowest BCUT2D eigenvalue weighted by Crippen LogP contribution is -2.30. The second kappa shape index (κ2) is 4.95. The molecule has 2 rings (SSSR count). The van der Waals surface area contributed by atoms with Gasteiger partial charge in [0.2, 0.25) is 11.8 Å². The van der Waals surface area contributed by atoms with Gasteiger partial charge in [0.15, 0.2) is 0 Å². The summed E-state index contributed by atoms with van der Waals surface area (Å²) in [5.41, 5.74) is 0.646. The Labute approximate surface area is 104 Å². The van der Waals surface area contributed by atoms with Crippen LogP contribution in [0.1, 0.15) is 6.42 Å². The van der Waals surface area contributed by atoms with Gasteiger partial charge in [-0.1, -0.05) is 0 Å². The number of amides is 2. The van der Waals surface area contributed by atoms with Crippen molar-refractivity contribution in [1.82, 2.24) is 5.32 Å². The number of hydrogen-bond donors (Lipinski definition) is 2. The van der Waals surface area contributed by atoms with Crippen molar-refractivity contribution in [3.63, 3.8) is 0 Å². The lowest BCUT2D eigenvalue weighted by atomic mass is 10.2. The first-order valence-electron chi connectivity index (χ1n) is 5.46. The molecule has 1 aromatic carbocycles. The van der Waals surface area contributed by atoms with Crippen molar-refractivity contribution in [3.8, 4) is 11.5 Å². The van der Waals surface area contributed by atoms with Crippen molar-refractivity contribution in [1.29, 1.82) is 0 Å². The highest BCUT2D eigenvalue weighted by Gasteiger charge is 2.30. The lowest BCUT2D eigenvalue weighted by Gasteiger charge is -2.15. The van der Waals surface area contributed by atoms with E-state index in [4.69, 9.17) is 9.47 Å². The third-order valence-corrected chi connectivity index (χ3v) is 2.71. The Balaban J connectivity index is 2.18. The zero-order chi connectivity index (χ0) is 13.1. The first-order valence-corrected chi connectivity index (χ1v) is 5.46. The minimum atomic E-state index is -0.556. The number of ether oxygens (including phenoxy) is 2. The van der Waals surface area contributed by atoms with Crippen LogP contribution in [0.4, 0.5) is 5.69 Å². The van der Waals surface area contributed by atoms with E-state index >= 15 is 0 Å². The Morgan fingerprint density at radius 2 is 2.06 bits per heavy atom. The van der Waals surface area contributed by atoms with Crippen LogP contribution in [0.25, 0.3) is 0 Å². The van der Waals surface area contributed by atoms with E-state index in [1.807, 2.05) is 0 Å². The number of hydrogen-bond acceptors (Lipinski definition) is 5. The van der Waals surface area contributed by atoms with E-state index in [1.54, 1.807) is 25.3 Å². The number of benzene rings is 1. The van der Waals surface area contributed by atoms with Gasteiger partial charge in [-0.2, -0.15) is 0 Å². The fraction of sp³-hybridized carbons (Fsp3) is 0.333. The van der Waals surface area contributed by atoms with Crippen LogP contribution in [0.5, 0.6) is 11.5 Å². The molecule has 1 atom stereocenters. The third kappa shape index (κ3) is 2.37. The molecule has 6 nitrogen and oxygen atoms in total. The van der Waals surface area contributed by atoms with Gasteiger partial charge in [-0.3, -0.25) is 14.9 Å². The van der Waals surface area contributed by atoms with Gasteiger partial charge in [-0.15, -0.1) is 0 Å². The second-order valence-corrected chi connectivity index (χ2v) is 3.88. The molecule has 2 amide bonds. The fourth-order valence-electron chi connectivity index (χ4n) is 1.78. The van der Waals surface area contributed by atoms with Gasteiger partial charge in [0.1, 0.15) is 17.5 Å². The normalized spacial score (nSPS) is 18.4. The molecule has 1 aliphatic rings. The molecule has 1 saturated heterocycles. The third-order valence-electron chi connectivity index (χ3n) is 2.71. The van der Waals surface area contributed by atoms with Crippen molar-refractivity contribution in [3.05, 3.63) is 18.2 Å². The summed E-state index contributed by atoms with van der Waals surface area (Å²) < 4.78 is 10.3. The van der Waals surface area contributed by atoms with E-state index < -0.39 is 6.04 Å². The molecule has 1 aromatic rings. The molecule has 0 aliphatic carbocycles. The van der Waals surface area contributed by atoms with Crippen molar-refractivity contribution in [2.24, 2.45) is 0 Å². The Morgan fingerprint density at radius 1 is 1.28 bits per heavy atom. The van der Waals surface area contributed by atoms with Gasteiger partial charge in [0.25, 0.3) is 0 Å². The first kappa shape index (κ1) is 12.2. The predicted octanol–water partition coefficient (Wildman–Crippen LogP) is 0.531. The van der Waals surface area contributed by atoms with Crippen LogP contribution in [0.3, 0.4) is 0 Å². The number of anilines is 1.